The third-order valence-corrected chi connectivity index (χ3v) is 1.89. The highest BCUT2D eigenvalue weighted by Gasteiger charge is 2.11. The average molecular weight is 197 g/mol. The summed E-state index contributed by atoms with van der Waals surface area (Å²) in [4.78, 5) is 18.2. The molecule has 1 heterocycles. The van der Waals surface area contributed by atoms with Crippen molar-refractivity contribution < 1.29 is 4.74 Å². The highest BCUT2D eigenvalue weighted by atomic mass is 16.5. The number of aromatic nitrogens is 2. The van der Waals surface area contributed by atoms with Gasteiger partial charge in [-0.05, 0) is 5.92 Å². The summed E-state index contributed by atoms with van der Waals surface area (Å²) in [5.41, 5.74) is 6.02. The predicted molar refractivity (Wildman–Crippen MR) is 54.1 cm³/mol. The molecule has 5 heteroatoms. The molecule has 0 atom stereocenters. The first-order valence-electron chi connectivity index (χ1n) is 4.43. The quantitative estimate of drug-likeness (QED) is 0.744. The number of ether oxygens (including phenoxy) is 1. The lowest BCUT2D eigenvalue weighted by molar-refractivity contribution is 0.177. The number of anilines is 1. The van der Waals surface area contributed by atoms with Crippen LogP contribution in [0.25, 0.3) is 0 Å². The lowest BCUT2D eigenvalue weighted by atomic mass is 10.1. The van der Waals surface area contributed by atoms with Crippen molar-refractivity contribution in [2.75, 3.05) is 12.8 Å². The number of rotatable bonds is 3. The SMILES string of the molecule is COCc1nc(N)c(C(C)C)c(=O)[nH]1. The second-order valence-electron chi connectivity index (χ2n) is 3.40. The monoisotopic (exact) mass is 197 g/mol. The van der Waals surface area contributed by atoms with E-state index in [1.165, 1.54) is 7.11 Å². The maximum atomic E-state index is 11.5. The number of methoxy groups -OCH3 is 1. The summed E-state index contributed by atoms with van der Waals surface area (Å²) < 4.78 is 4.85. The zero-order chi connectivity index (χ0) is 10.7. The van der Waals surface area contributed by atoms with Crippen LogP contribution in [-0.2, 0) is 11.3 Å². The Hall–Kier alpha value is -1.36. The highest BCUT2D eigenvalue weighted by molar-refractivity contribution is 5.39. The van der Waals surface area contributed by atoms with Gasteiger partial charge in [-0.3, -0.25) is 4.79 Å². The second kappa shape index (κ2) is 4.23. The van der Waals surface area contributed by atoms with E-state index in [4.69, 9.17) is 10.5 Å². The minimum Gasteiger partial charge on any atom is -0.383 e. The van der Waals surface area contributed by atoms with E-state index >= 15 is 0 Å². The maximum absolute atomic E-state index is 11.5. The van der Waals surface area contributed by atoms with Crippen LogP contribution in [-0.4, -0.2) is 17.1 Å². The van der Waals surface area contributed by atoms with Gasteiger partial charge < -0.3 is 15.5 Å². The first-order chi connectivity index (χ1) is 6.56. The van der Waals surface area contributed by atoms with Gasteiger partial charge in [0.05, 0.1) is 5.56 Å². The fourth-order valence-electron chi connectivity index (χ4n) is 1.31. The Kier molecular flexibility index (Phi) is 3.24. The number of nitrogen functional groups attached to an aromatic ring is 1. The summed E-state index contributed by atoms with van der Waals surface area (Å²) in [6, 6.07) is 0. The van der Waals surface area contributed by atoms with Crippen molar-refractivity contribution in [1.29, 1.82) is 0 Å². The van der Waals surface area contributed by atoms with Gasteiger partial charge in [0, 0.05) is 7.11 Å². The van der Waals surface area contributed by atoms with E-state index in [-0.39, 0.29) is 23.9 Å². The number of nitrogens with two attached hydrogens (primary N) is 1. The van der Waals surface area contributed by atoms with Crippen molar-refractivity contribution in [2.24, 2.45) is 0 Å². The Balaban J connectivity index is 3.19. The van der Waals surface area contributed by atoms with Crippen LogP contribution in [0.2, 0.25) is 0 Å². The molecule has 1 rings (SSSR count). The van der Waals surface area contributed by atoms with Gasteiger partial charge in [-0.25, -0.2) is 4.98 Å². The summed E-state index contributed by atoms with van der Waals surface area (Å²) in [5, 5.41) is 0. The average Bonchev–Trinajstić information content (AvgIpc) is 2.01. The highest BCUT2D eigenvalue weighted by Crippen LogP contribution is 2.14. The zero-order valence-corrected chi connectivity index (χ0v) is 8.63. The second-order valence-corrected chi connectivity index (χ2v) is 3.40. The Bertz CT molecular complexity index is 371. The molecule has 14 heavy (non-hydrogen) atoms. The van der Waals surface area contributed by atoms with Gasteiger partial charge in [0.15, 0.2) is 0 Å². The molecule has 1 aromatic rings. The molecule has 0 unspecified atom stereocenters. The summed E-state index contributed by atoms with van der Waals surface area (Å²) in [6.07, 6.45) is 0. The molecule has 0 aliphatic heterocycles. The third kappa shape index (κ3) is 2.11. The van der Waals surface area contributed by atoms with Crippen molar-refractivity contribution >= 4 is 5.82 Å². The molecule has 0 saturated heterocycles. The van der Waals surface area contributed by atoms with Gasteiger partial charge in [-0.1, -0.05) is 13.8 Å². The fourth-order valence-corrected chi connectivity index (χ4v) is 1.31. The normalized spacial score (nSPS) is 10.9. The van der Waals surface area contributed by atoms with Crippen LogP contribution in [0, 0.1) is 0 Å². The molecule has 0 aliphatic carbocycles. The van der Waals surface area contributed by atoms with Crippen molar-refractivity contribution in [1.82, 2.24) is 9.97 Å². The lowest BCUT2D eigenvalue weighted by Crippen LogP contribution is -2.21. The number of hydrogen-bond donors (Lipinski definition) is 2. The van der Waals surface area contributed by atoms with Gasteiger partial charge in [-0.2, -0.15) is 0 Å². The predicted octanol–water partition coefficient (Wildman–Crippen LogP) is 0.622. The minimum absolute atomic E-state index is 0.0721. The smallest absolute Gasteiger partial charge is 0.256 e. The van der Waals surface area contributed by atoms with Crippen LogP contribution in [0.15, 0.2) is 4.79 Å². The molecule has 0 radical (unpaired) electrons. The van der Waals surface area contributed by atoms with E-state index in [1.54, 1.807) is 0 Å². The molecule has 0 saturated carbocycles. The molecular weight excluding hydrogens is 182 g/mol. The van der Waals surface area contributed by atoms with Crippen molar-refractivity contribution in [3.63, 3.8) is 0 Å². The Morgan fingerprint density at radius 1 is 1.57 bits per heavy atom. The van der Waals surface area contributed by atoms with E-state index in [9.17, 15) is 4.79 Å². The molecule has 3 N–H and O–H groups in total. The number of H-pyrrole nitrogens is 1. The largest absolute Gasteiger partial charge is 0.383 e. The molecular formula is C9H15N3O2. The van der Waals surface area contributed by atoms with Crippen LogP contribution in [0.1, 0.15) is 31.2 Å². The van der Waals surface area contributed by atoms with Crippen molar-refractivity contribution in [3.05, 3.63) is 21.7 Å². The molecule has 0 aliphatic rings. The number of hydrogen-bond acceptors (Lipinski definition) is 4. The maximum Gasteiger partial charge on any atom is 0.256 e. The molecule has 0 bridgehead atoms. The Labute approximate surface area is 82.3 Å². The molecule has 0 fully saturated rings. The number of aromatic amines is 1. The van der Waals surface area contributed by atoms with E-state index in [0.29, 0.717) is 11.4 Å². The molecule has 1 aromatic heterocycles. The third-order valence-electron chi connectivity index (χ3n) is 1.89. The van der Waals surface area contributed by atoms with Gasteiger partial charge in [0.2, 0.25) is 0 Å². The minimum atomic E-state index is -0.181. The van der Waals surface area contributed by atoms with Crippen molar-refractivity contribution in [3.8, 4) is 0 Å². The van der Waals surface area contributed by atoms with Gasteiger partial charge in [0.1, 0.15) is 18.2 Å². The fraction of sp³-hybridized carbons (Fsp3) is 0.556. The van der Waals surface area contributed by atoms with Crippen LogP contribution in [0.3, 0.4) is 0 Å². The Morgan fingerprint density at radius 3 is 2.64 bits per heavy atom. The standard InChI is InChI=1S/C9H15N3O2/c1-5(2)7-8(10)11-6(4-14-3)12-9(7)13/h5H,4H2,1-3H3,(H3,10,11,12,13). The van der Waals surface area contributed by atoms with Crippen molar-refractivity contribution in [2.45, 2.75) is 26.4 Å². The molecule has 0 amide bonds. The van der Waals surface area contributed by atoms with Gasteiger partial charge in [0.25, 0.3) is 5.56 Å². The first kappa shape index (κ1) is 10.7. The van der Waals surface area contributed by atoms with E-state index in [1.807, 2.05) is 13.8 Å². The van der Waals surface area contributed by atoms with E-state index in [2.05, 4.69) is 9.97 Å². The summed E-state index contributed by atoms with van der Waals surface area (Å²) in [6.45, 7) is 4.06. The Morgan fingerprint density at radius 2 is 2.21 bits per heavy atom. The van der Waals surface area contributed by atoms with Crippen LogP contribution in [0.4, 0.5) is 5.82 Å². The number of nitrogens with one attached hydrogen (secondary N) is 1. The molecule has 78 valence electrons. The van der Waals surface area contributed by atoms with Crippen LogP contribution in [0.5, 0.6) is 0 Å². The number of nitrogens with zero attached hydrogens (tertiary/aromatic N) is 1. The summed E-state index contributed by atoms with van der Waals surface area (Å²) in [5.74, 6) is 0.818. The summed E-state index contributed by atoms with van der Waals surface area (Å²) in [7, 11) is 1.53. The molecule has 0 aromatic carbocycles. The van der Waals surface area contributed by atoms with E-state index < -0.39 is 0 Å². The topological polar surface area (TPSA) is 81.0 Å². The summed E-state index contributed by atoms with van der Waals surface area (Å²) >= 11 is 0. The van der Waals surface area contributed by atoms with Crippen LogP contribution >= 0.6 is 0 Å². The van der Waals surface area contributed by atoms with Gasteiger partial charge >= 0.3 is 0 Å². The van der Waals surface area contributed by atoms with Gasteiger partial charge in [-0.15, -0.1) is 0 Å². The lowest BCUT2D eigenvalue weighted by Gasteiger charge is -2.08. The van der Waals surface area contributed by atoms with Crippen LogP contribution < -0.4 is 11.3 Å². The molecule has 0 spiro atoms. The first-order valence-corrected chi connectivity index (χ1v) is 4.43. The zero-order valence-electron chi connectivity index (χ0n) is 8.63. The molecule has 5 nitrogen and oxygen atoms in total. The van der Waals surface area contributed by atoms with E-state index in [0.717, 1.165) is 0 Å².